The van der Waals surface area contributed by atoms with Gasteiger partial charge in [0.15, 0.2) is 0 Å². The van der Waals surface area contributed by atoms with Gasteiger partial charge in [-0.05, 0) is 34.5 Å². The van der Waals surface area contributed by atoms with E-state index in [0.717, 1.165) is 10.0 Å². The first-order valence-electron chi connectivity index (χ1n) is 7.04. The minimum atomic E-state index is -0.296. The standard InChI is InChI=1S/C16H18BrN3O2/c1-2-20(11-12-6-4-3-5-7-12)15(21)10-19-16(22)14-8-13(17)9-18-14/h3-9,18H,2,10-11H2,1H3,(H,19,22). The Morgan fingerprint density at radius 3 is 2.59 bits per heavy atom. The van der Waals surface area contributed by atoms with Crippen molar-refractivity contribution in [2.24, 2.45) is 0 Å². The zero-order chi connectivity index (χ0) is 15.9. The van der Waals surface area contributed by atoms with Crippen molar-refractivity contribution in [3.05, 3.63) is 58.3 Å². The first-order chi connectivity index (χ1) is 10.6. The molecular formula is C16H18BrN3O2. The Bertz CT molecular complexity index is 640. The van der Waals surface area contributed by atoms with E-state index in [1.807, 2.05) is 37.3 Å². The van der Waals surface area contributed by atoms with Crippen LogP contribution in [0.25, 0.3) is 0 Å². The summed E-state index contributed by atoms with van der Waals surface area (Å²) in [5.74, 6) is -0.403. The summed E-state index contributed by atoms with van der Waals surface area (Å²) >= 11 is 3.27. The van der Waals surface area contributed by atoms with Crippen LogP contribution in [0.4, 0.5) is 0 Å². The third-order valence-electron chi connectivity index (χ3n) is 3.24. The number of rotatable bonds is 6. The number of aromatic amines is 1. The highest BCUT2D eigenvalue weighted by atomic mass is 79.9. The van der Waals surface area contributed by atoms with E-state index in [1.54, 1.807) is 17.2 Å². The minimum Gasteiger partial charge on any atom is -0.356 e. The summed E-state index contributed by atoms with van der Waals surface area (Å²) in [6.07, 6.45) is 1.67. The molecular weight excluding hydrogens is 346 g/mol. The van der Waals surface area contributed by atoms with Crippen molar-refractivity contribution in [3.8, 4) is 0 Å². The van der Waals surface area contributed by atoms with Crippen LogP contribution in [0.2, 0.25) is 0 Å². The monoisotopic (exact) mass is 363 g/mol. The molecule has 2 N–H and O–H groups in total. The zero-order valence-corrected chi connectivity index (χ0v) is 13.9. The average Bonchev–Trinajstić information content (AvgIpc) is 2.97. The molecule has 0 aliphatic carbocycles. The summed E-state index contributed by atoms with van der Waals surface area (Å²) in [6, 6.07) is 11.4. The lowest BCUT2D eigenvalue weighted by molar-refractivity contribution is -0.130. The number of H-pyrrole nitrogens is 1. The van der Waals surface area contributed by atoms with Crippen molar-refractivity contribution in [2.45, 2.75) is 13.5 Å². The van der Waals surface area contributed by atoms with Crippen LogP contribution in [0.1, 0.15) is 23.0 Å². The summed E-state index contributed by atoms with van der Waals surface area (Å²) in [7, 11) is 0. The summed E-state index contributed by atoms with van der Waals surface area (Å²) in [4.78, 5) is 28.6. The maximum atomic E-state index is 12.2. The number of nitrogens with zero attached hydrogens (tertiary/aromatic N) is 1. The van der Waals surface area contributed by atoms with E-state index in [0.29, 0.717) is 18.8 Å². The van der Waals surface area contributed by atoms with E-state index in [9.17, 15) is 9.59 Å². The van der Waals surface area contributed by atoms with Crippen molar-refractivity contribution in [3.63, 3.8) is 0 Å². The molecule has 0 saturated heterocycles. The Kier molecular flexibility index (Phi) is 5.77. The number of carbonyl (C=O) groups is 2. The molecule has 2 amide bonds. The molecule has 5 nitrogen and oxygen atoms in total. The van der Waals surface area contributed by atoms with Gasteiger partial charge in [-0.15, -0.1) is 0 Å². The van der Waals surface area contributed by atoms with Crippen LogP contribution >= 0.6 is 15.9 Å². The summed E-state index contributed by atoms with van der Waals surface area (Å²) in [6.45, 7) is 3.04. The highest BCUT2D eigenvalue weighted by Gasteiger charge is 2.14. The van der Waals surface area contributed by atoms with Crippen LogP contribution < -0.4 is 5.32 Å². The van der Waals surface area contributed by atoms with Crippen LogP contribution in [0, 0.1) is 0 Å². The molecule has 116 valence electrons. The van der Waals surface area contributed by atoms with Crippen molar-refractivity contribution in [1.82, 2.24) is 15.2 Å². The van der Waals surface area contributed by atoms with Gasteiger partial charge in [-0.1, -0.05) is 30.3 Å². The van der Waals surface area contributed by atoms with Gasteiger partial charge >= 0.3 is 0 Å². The van der Waals surface area contributed by atoms with Gasteiger partial charge in [-0.3, -0.25) is 9.59 Å². The molecule has 2 rings (SSSR count). The van der Waals surface area contributed by atoms with Crippen molar-refractivity contribution >= 4 is 27.7 Å². The molecule has 0 radical (unpaired) electrons. The number of hydrogen-bond acceptors (Lipinski definition) is 2. The zero-order valence-electron chi connectivity index (χ0n) is 12.3. The van der Waals surface area contributed by atoms with Gasteiger partial charge in [-0.2, -0.15) is 0 Å². The number of hydrogen-bond donors (Lipinski definition) is 2. The van der Waals surface area contributed by atoms with E-state index in [1.165, 1.54) is 0 Å². The summed E-state index contributed by atoms with van der Waals surface area (Å²) in [5.41, 5.74) is 1.49. The predicted octanol–water partition coefficient (Wildman–Crippen LogP) is 2.56. The van der Waals surface area contributed by atoms with Gasteiger partial charge in [0.25, 0.3) is 5.91 Å². The topological polar surface area (TPSA) is 65.2 Å². The summed E-state index contributed by atoms with van der Waals surface area (Å²) in [5, 5.41) is 2.63. The highest BCUT2D eigenvalue weighted by Crippen LogP contribution is 2.10. The second-order valence-corrected chi connectivity index (χ2v) is 5.72. The largest absolute Gasteiger partial charge is 0.356 e. The molecule has 22 heavy (non-hydrogen) atoms. The Labute approximate surface area is 137 Å². The Hall–Kier alpha value is -2.08. The van der Waals surface area contributed by atoms with Crippen LogP contribution in [0.15, 0.2) is 47.1 Å². The molecule has 1 aromatic heterocycles. The average molecular weight is 364 g/mol. The first-order valence-corrected chi connectivity index (χ1v) is 7.83. The molecule has 0 unspecified atom stereocenters. The normalized spacial score (nSPS) is 10.3. The first kappa shape index (κ1) is 16.3. The third kappa shape index (κ3) is 4.46. The van der Waals surface area contributed by atoms with Gasteiger partial charge in [0.05, 0.1) is 6.54 Å². The molecule has 0 atom stereocenters. The SMILES string of the molecule is CCN(Cc1ccccc1)C(=O)CNC(=O)c1cc(Br)c[nH]1. The quantitative estimate of drug-likeness (QED) is 0.828. The molecule has 0 fully saturated rings. The predicted molar refractivity (Wildman–Crippen MR) is 88.4 cm³/mol. The number of carbonyl (C=O) groups excluding carboxylic acids is 2. The van der Waals surface area contributed by atoms with Gasteiger partial charge < -0.3 is 15.2 Å². The fraction of sp³-hybridized carbons (Fsp3) is 0.250. The van der Waals surface area contributed by atoms with Gasteiger partial charge in [0.1, 0.15) is 5.69 Å². The number of amides is 2. The Morgan fingerprint density at radius 2 is 2.00 bits per heavy atom. The second kappa shape index (κ2) is 7.79. The molecule has 2 aromatic rings. The van der Waals surface area contributed by atoms with E-state index in [2.05, 4.69) is 26.2 Å². The fourth-order valence-electron chi connectivity index (χ4n) is 2.04. The molecule has 0 bridgehead atoms. The lowest BCUT2D eigenvalue weighted by atomic mass is 10.2. The van der Waals surface area contributed by atoms with Crippen LogP contribution in [0.5, 0.6) is 0 Å². The van der Waals surface area contributed by atoms with Gasteiger partial charge in [0, 0.05) is 23.8 Å². The van der Waals surface area contributed by atoms with Gasteiger partial charge in [0.2, 0.25) is 5.91 Å². The van der Waals surface area contributed by atoms with Crippen molar-refractivity contribution in [2.75, 3.05) is 13.1 Å². The van der Waals surface area contributed by atoms with Crippen molar-refractivity contribution in [1.29, 1.82) is 0 Å². The molecule has 6 heteroatoms. The van der Waals surface area contributed by atoms with E-state index in [4.69, 9.17) is 0 Å². The molecule has 1 aromatic carbocycles. The van der Waals surface area contributed by atoms with Crippen LogP contribution in [-0.4, -0.2) is 34.8 Å². The van der Waals surface area contributed by atoms with Crippen LogP contribution in [-0.2, 0) is 11.3 Å². The van der Waals surface area contributed by atoms with Crippen molar-refractivity contribution < 1.29 is 9.59 Å². The maximum absolute atomic E-state index is 12.2. The minimum absolute atomic E-state index is 0.0177. The number of nitrogens with one attached hydrogen (secondary N) is 2. The van der Waals surface area contributed by atoms with E-state index in [-0.39, 0.29) is 18.4 Å². The molecule has 0 saturated carbocycles. The molecule has 1 heterocycles. The third-order valence-corrected chi connectivity index (χ3v) is 3.70. The van der Waals surface area contributed by atoms with E-state index < -0.39 is 0 Å². The van der Waals surface area contributed by atoms with E-state index >= 15 is 0 Å². The summed E-state index contributed by atoms with van der Waals surface area (Å²) < 4.78 is 0.795. The fourth-order valence-corrected chi connectivity index (χ4v) is 2.39. The number of aromatic nitrogens is 1. The van der Waals surface area contributed by atoms with Crippen LogP contribution in [0.3, 0.4) is 0 Å². The second-order valence-electron chi connectivity index (χ2n) is 4.81. The molecule has 0 spiro atoms. The number of benzene rings is 1. The lowest BCUT2D eigenvalue weighted by Gasteiger charge is -2.21. The van der Waals surface area contributed by atoms with Gasteiger partial charge in [-0.25, -0.2) is 0 Å². The Morgan fingerprint density at radius 1 is 1.27 bits per heavy atom. The highest BCUT2D eigenvalue weighted by molar-refractivity contribution is 9.10. The molecule has 0 aliphatic rings. The smallest absolute Gasteiger partial charge is 0.268 e. The number of halogens is 1. The molecule has 0 aliphatic heterocycles. The lowest BCUT2D eigenvalue weighted by Crippen LogP contribution is -2.39. The number of likely N-dealkylation sites (N-methyl/N-ethyl adjacent to an activating group) is 1. The Balaban J connectivity index is 1.88. The maximum Gasteiger partial charge on any atom is 0.268 e.